The number of nitrogens with one attached hydrogen (secondary N) is 1. The minimum atomic E-state index is -0.651. The molecule has 1 atom stereocenters. The van der Waals surface area contributed by atoms with E-state index < -0.39 is 5.41 Å². The molecule has 0 bridgehead atoms. The molecule has 1 aromatic heterocycles. The highest BCUT2D eigenvalue weighted by molar-refractivity contribution is 5.92. The predicted molar refractivity (Wildman–Crippen MR) is 102 cm³/mol. The first-order chi connectivity index (χ1) is 13.0. The molecule has 27 heavy (non-hydrogen) atoms. The molecule has 1 saturated heterocycles. The van der Waals surface area contributed by atoms with Crippen molar-refractivity contribution in [2.45, 2.75) is 26.2 Å². The van der Waals surface area contributed by atoms with Crippen molar-refractivity contribution in [2.24, 2.45) is 11.1 Å². The van der Waals surface area contributed by atoms with Gasteiger partial charge in [0.15, 0.2) is 5.75 Å². The lowest BCUT2D eigenvalue weighted by atomic mass is 9.77. The number of pyridine rings is 1. The van der Waals surface area contributed by atoms with Gasteiger partial charge in [-0.3, -0.25) is 9.78 Å². The number of piperidine rings is 1. The number of urea groups is 1. The van der Waals surface area contributed by atoms with Crippen molar-refractivity contribution in [3.8, 4) is 11.5 Å². The number of likely N-dealkylation sites (tertiary alicyclic amines) is 1. The molecule has 7 heteroatoms. The molecule has 0 aliphatic carbocycles. The van der Waals surface area contributed by atoms with Crippen LogP contribution in [0.2, 0.25) is 0 Å². The van der Waals surface area contributed by atoms with E-state index >= 15 is 0 Å². The Labute approximate surface area is 158 Å². The van der Waals surface area contributed by atoms with E-state index in [9.17, 15) is 9.59 Å². The van der Waals surface area contributed by atoms with Crippen LogP contribution in [0.15, 0.2) is 48.8 Å². The maximum Gasteiger partial charge on any atom is 0.321 e. The van der Waals surface area contributed by atoms with Gasteiger partial charge in [0, 0.05) is 19.3 Å². The number of rotatable bonds is 5. The summed E-state index contributed by atoms with van der Waals surface area (Å²) in [5, 5.41) is 2.89. The fraction of sp³-hybridized carbons (Fsp3) is 0.350. The van der Waals surface area contributed by atoms with Crippen LogP contribution in [-0.4, -0.2) is 34.9 Å². The number of ether oxygens (including phenoxy) is 1. The number of para-hydroxylation sites is 2. The van der Waals surface area contributed by atoms with Crippen LogP contribution in [0, 0.1) is 5.41 Å². The Kier molecular flexibility index (Phi) is 5.59. The standard InChI is InChI=1S/C20H24N4O3/c1-2-20(18(21)25)10-6-12-24(14-20)19(26)23-16-8-3-4-9-17(16)27-15-7-5-11-22-13-15/h3-5,7-9,11,13H,2,6,10,12,14H2,1H3,(H2,21,25)(H,23,26)/t20-/m0/s1. The Morgan fingerprint density at radius 2 is 2.11 bits per heavy atom. The summed E-state index contributed by atoms with van der Waals surface area (Å²) in [4.78, 5) is 30.4. The third-order valence-corrected chi connectivity index (χ3v) is 5.05. The van der Waals surface area contributed by atoms with E-state index in [2.05, 4.69) is 10.3 Å². The second-order valence-electron chi connectivity index (χ2n) is 6.74. The summed E-state index contributed by atoms with van der Waals surface area (Å²) >= 11 is 0. The summed E-state index contributed by atoms with van der Waals surface area (Å²) in [6, 6.07) is 10.5. The summed E-state index contributed by atoms with van der Waals surface area (Å²) in [7, 11) is 0. The molecule has 0 unspecified atom stereocenters. The van der Waals surface area contributed by atoms with Crippen molar-refractivity contribution in [1.82, 2.24) is 9.88 Å². The van der Waals surface area contributed by atoms with Crippen LogP contribution in [-0.2, 0) is 4.79 Å². The minimum Gasteiger partial charge on any atom is -0.454 e. The second kappa shape index (κ2) is 8.07. The molecule has 3 rings (SSSR count). The summed E-state index contributed by atoms with van der Waals surface area (Å²) in [5.41, 5.74) is 5.52. The van der Waals surface area contributed by atoms with Crippen molar-refractivity contribution in [1.29, 1.82) is 0 Å². The lowest BCUT2D eigenvalue weighted by molar-refractivity contribution is -0.130. The molecule has 2 heterocycles. The largest absolute Gasteiger partial charge is 0.454 e. The van der Waals surface area contributed by atoms with E-state index in [-0.39, 0.29) is 11.9 Å². The first-order valence-corrected chi connectivity index (χ1v) is 9.07. The quantitative estimate of drug-likeness (QED) is 0.845. The second-order valence-corrected chi connectivity index (χ2v) is 6.74. The van der Waals surface area contributed by atoms with Crippen molar-refractivity contribution in [3.63, 3.8) is 0 Å². The number of carbonyl (C=O) groups is 2. The number of hydrogen-bond acceptors (Lipinski definition) is 4. The third kappa shape index (κ3) is 4.19. The van der Waals surface area contributed by atoms with Gasteiger partial charge >= 0.3 is 6.03 Å². The zero-order valence-corrected chi connectivity index (χ0v) is 15.4. The molecule has 3 amide bonds. The molecule has 7 nitrogen and oxygen atoms in total. The average molecular weight is 368 g/mol. The summed E-state index contributed by atoms with van der Waals surface area (Å²) < 4.78 is 5.83. The Morgan fingerprint density at radius 1 is 1.30 bits per heavy atom. The number of amides is 3. The smallest absolute Gasteiger partial charge is 0.321 e. The van der Waals surface area contributed by atoms with Gasteiger partial charge in [0.2, 0.25) is 5.91 Å². The van der Waals surface area contributed by atoms with Crippen LogP contribution in [0.3, 0.4) is 0 Å². The number of nitrogens with two attached hydrogens (primary N) is 1. The lowest BCUT2D eigenvalue weighted by Crippen LogP contribution is -2.52. The van der Waals surface area contributed by atoms with E-state index in [1.807, 2.05) is 19.1 Å². The van der Waals surface area contributed by atoms with E-state index in [0.29, 0.717) is 43.1 Å². The molecule has 1 fully saturated rings. The molecule has 0 spiro atoms. The molecule has 0 saturated carbocycles. The number of aromatic nitrogens is 1. The summed E-state index contributed by atoms with van der Waals surface area (Å²) in [6.45, 7) is 2.85. The first-order valence-electron chi connectivity index (χ1n) is 9.07. The molecular formula is C20H24N4O3. The Morgan fingerprint density at radius 3 is 2.81 bits per heavy atom. The SMILES string of the molecule is CC[C@]1(C(N)=O)CCCN(C(=O)Nc2ccccc2Oc2cccnc2)C1. The summed E-state index contributed by atoms with van der Waals surface area (Å²) in [6.07, 6.45) is 5.34. The highest BCUT2D eigenvalue weighted by atomic mass is 16.5. The molecule has 142 valence electrons. The lowest BCUT2D eigenvalue weighted by Gasteiger charge is -2.40. The van der Waals surface area contributed by atoms with E-state index in [1.54, 1.807) is 41.6 Å². The maximum absolute atomic E-state index is 12.8. The fourth-order valence-corrected chi connectivity index (χ4v) is 3.36. The molecule has 2 aromatic rings. The highest BCUT2D eigenvalue weighted by Gasteiger charge is 2.40. The van der Waals surface area contributed by atoms with Gasteiger partial charge in [-0.1, -0.05) is 19.1 Å². The van der Waals surface area contributed by atoms with E-state index in [4.69, 9.17) is 10.5 Å². The van der Waals surface area contributed by atoms with Gasteiger partial charge in [-0.2, -0.15) is 0 Å². The highest BCUT2D eigenvalue weighted by Crippen LogP contribution is 2.34. The van der Waals surface area contributed by atoms with Crippen LogP contribution in [0.5, 0.6) is 11.5 Å². The zero-order chi connectivity index (χ0) is 19.3. The number of benzene rings is 1. The van der Waals surface area contributed by atoms with Crippen molar-refractivity contribution < 1.29 is 14.3 Å². The van der Waals surface area contributed by atoms with Crippen molar-refractivity contribution in [3.05, 3.63) is 48.8 Å². The molecule has 3 N–H and O–H groups in total. The number of carbonyl (C=O) groups excluding carboxylic acids is 2. The van der Waals surface area contributed by atoms with E-state index in [0.717, 1.165) is 6.42 Å². The number of hydrogen-bond donors (Lipinski definition) is 2. The third-order valence-electron chi connectivity index (χ3n) is 5.05. The Balaban J connectivity index is 1.74. The predicted octanol–water partition coefficient (Wildman–Crippen LogP) is 3.38. The van der Waals surface area contributed by atoms with Crippen LogP contribution < -0.4 is 15.8 Å². The molecule has 0 radical (unpaired) electrons. The van der Waals surface area contributed by atoms with Crippen LogP contribution in [0.25, 0.3) is 0 Å². The van der Waals surface area contributed by atoms with Crippen molar-refractivity contribution >= 4 is 17.6 Å². The van der Waals surface area contributed by atoms with Gasteiger partial charge in [0.25, 0.3) is 0 Å². The molecule has 1 aliphatic rings. The average Bonchev–Trinajstić information content (AvgIpc) is 2.70. The zero-order valence-electron chi connectivity index (χ0n) is 15.4. The Hall–Kier alpha value is -3.09. The number of anilines is 1. The van der Waals surface area contributed by atoms with Crippen LogP contribution in [0.1, 0.15) is 26.2 Å². The van der Waals surface area contributed by atoms with Gasteiger partial charge in [-0.15, -0.1) is 0 Å². The first kappa shape index (κ1) is 18.7. The van der Waals surface area contributed by atoms with Gasteiger partial charge in [0.1, 0.15) is 5.75 Å². The molecule has 1 aromatic carbocycles. The van der Waals surface area contributed by atoms with Gasteiger partial charge < -0.3 is 20.7 Å². The number of nitrogens with zero attached hydrogens (tertiary/aromatic N) is 2. The van der Waals surface area contributed by atoms with Gasteiger partial charge in [0.05, 0.1) is 17.3 Å². The normalized spacial score (nSPS) is 19.4. The molecular weight excluding hydrogens is 344 g/mol. The fourth-order valence-electron chi connectivity index (χ4n) is 3.36. The van der Waals surface area contributed by atoms with Gasteiger partial charge in [-0.25, -0.2) is 4.79 Å². The minimum absolute atomic E-state index is 0.268. The maximum atomic E-state index is 12.8. The van der Waals surface area contributed by atoms with Gasteiger partial charge in [-0.05, 0) is 43.5 Å². The molecule has 1 aliphatic heterocycles. The van der Waals surface area contributed by atoms with Crippen LogP contribution in [0.4, 0.5) is 10.5 Å². The van der Waals surface area contributed by atoms with Crippen LogP contribution >= 0.6 is 0 Å². The monoisotopic (exact) mass is 368 g/mol. The van der Waals surface area contributed by atoms with Crippen molar-refractivity contribution in [2.75, 3.05) is 18.4 Å². The topological polar surface area (TPSA) is 97.6 Å². The summed E-state index contributed by atoms with van der Waals surface area (Å²) in [5.74, 6) is 0.756. The van der Waals surface area contributed by atoms with E-state index in [1.165, 1.54) is 0 Å². The number of primary amides is 1. The Bertz CT molecular complexity index is 812.